The molecule has 0 saturated carbocycles. The molecular weight excluding hydrogens is 244 g/mol. The highest BCUT2D eigenvalue weighted by Gasteiger charge is 2.25. The smallest absolute Gasteiger partial charge is 0.410 e. The Hall–Kier alpha value is -0.810. The van der Waals surface area contributed by atoms with Crippen LogP contribution in [0.1, 0.15) is 33.6 Å². The largest absolute Gasteiger partial charge is 0.444 e. The van der Waals surface area contributed by atoms with Gasteiger partial charge < -0.3 is 19.6 Å². The molecule has 5 heteroatoms. The molecule has 1 saturated heterocycles. The third kappa shape index (κ3) is 6.25. The van der Waals surface area contributed by atoms with Gasteiger partial charge in [-0.25, -0.2) is 4.79 Å². The highest BCUT2D eigenvalue weighted by molar-refractivity contribution is 5.67. The molecule has 0 aromatic carbocycles. The van der Waals surface area contributed by atoms with Crippen molar-refractivity contribution in [3.8, 4) is 0 Å². The summed E-state index contributed by atoms with van der Waals surface area (Å²) in [5, 5.41) is 8.98. The third-order valence-corrected chi connectivity index (χ3v) is 3.26. The van der Waals surface area contributed by atoms with E-state index in [-0.39, 0.29) is 12.7 Å². The van der Waals surface area contributed by atoms with E-state index >= 15 is 0 Å². The monoisotopic (exact) mass is 272 g/mol. The molecule has 0 spiro atoms. The van der Waals surface area contributed by atoms with Crippen LogP contribution in [0.4, 0.5) is 4.79 Å². The van der Waals surface area contributed by atoms with Crippen LogP contribution < -0.4 is 0 Å². The minimum Gasteiger partial charge on any atom is -0.444 e. The molecule has 1 aliphatic heterocycles. The van der Waals surface area contributed by atoms with Crippen LogP contribution in [0.3, 0.4) is 0 Å². The van der Waals surface area contributed by atoms with Crippen molar-refractivity contribution in [2.24, 2.45) is 5.92 Å². The highest BCUT2D eigenvalue weighted by Crippen LogP contribution is 2.18. The van der Waals surface area contributed by atoms with Gasteiger partial charge in [-0.15, -0.1) is 0 Å². The van der Waals surface area contributed by atoms with Crippen molar-refractivity contribution in [3.05, 3.63) is 0 Å². The minimum absolute atomic E-state index is 0.203. The predicted molar refractivity (Wildman–Crippen MR) is 75.1 cm³/mol. The van der Waals surface area contributed by atoms with Crippen molar-refractivity contribution >= 4 is 6.09 Å². The summed E-state index contributed by atoms with van der Waals surface area (Å²) >= 11 is 0. The Morgan fingerprint density at radius 3 is 2.74 bits per heavy atom. The molecule has 1 amide bonds. The Morgan fingerprint density at radius 1 is 1.47 bits per heavy atom. The Bertz CT molecular complexity index is 287. The van der Waals surface area contributed by atoms with E-state index in [4.69, 9.17) is 9.84 Å². The van der Waals surface area contributed by atoms with Gasteiger partial charge in [0.15, 0.2) is 0 Å². The lowest BCUT2D eigenvalue weighted by molar-refractivity contribution is 0.0239. The van der Waals surface area contributed by atoms with Crippen molar-refractivity contribution in [2.45, 2.75) is 39.2 Å². The first-order chi connectivity index (χ1) is 8.81. The summed E-state index contributed by atoms with van der Waals surface area (Å²) in [6.45, 7) is 9.28. The number of aliphatic hydroxyl groups is 1. The number of hydrogen-bond acceptors (Lipinski definition) is 4. The van der Waals surface area contributed by atoms with E-state index in [0.717, 1.165) is 39.0 Å². The molecule has 1 fully saturated rings. The molecule has 1 heterocycles. The molecule has 0 radical (unpaired) electrons. The number of carbonyl (C=O) groups is 1. The molecule has 112 valence electrons. The van der Waals surface area contributed by atoms with E-state index in [1.807, 2.05) is 20.8 Å². The van der Waals surface area contributed by atoms with Gasteiger partial charge in [0.1, 0.15) is 5.60 Å². The van der Waals surface area contributed by atoms with E-state index in [2.05, 4.69) is 4.90 Å². The lowest BCUT2D eigenvalue weighted by Gasteiger charge is -2.34. The molecule has 1 unspecified atom stereocenters. The number of piperidine rings is 1. The Labute approximate surface area is 116 Å². The van der Waals surface area contributed by atoms with Gasteiger partial charge in [-0.1, -0.05) is 0 Å². The van der Waals surface area contributed by atoms with Crippen molar-refractivity contribution in [1.29, 1.82) is 0 Å². The minimum atomic E-state index is -0.444. The van der Waals surface area contributed by atoms with E-state index in [1.54, 1.807) is 11.9 Å². The molecule has 0 bridgehead atoms. The fourth-order valence-corrected chi connectivity index (χ4v) is 2.45. The first-order valence-corrected chi connectivity index (χ1v) is 7.09. The summed E-state index contributed by atoms with van der Waals surface area (Å²) in [6, 6.07) is 0. The zero-order valence-electron chi connectivity index (χ0n) is 12.7. The van der Waals surface area contributed by atoms with Crippen LogP contribution in [0.2, 0.25) is 0 Å². The molecule has 0 aromatic heterocycles. The van der Waals surface area contributed by atoms with E-state index in [0.29, 0.717) is 5.92 Å². The number of rotatable bonds is 4. The molecule has 5 nitrogen and oxygen atoms in total. The van der Waals surface area contributed by atoms with Gasteiger partial charge in [0.2, 0.25) is 0 Å². The summed E-state index contributed by atoms with van der Waals surface area (Å²) < 4.78 is 5.35. The second-order valence-corrected chi connectivity index (χ2v) is 6.39. The molecule has 1 rings (SSSR count). The van der Waals surface area contributed by atoms with Gasteiger partial charge >= 0.3 is 6.09 Å². The van der Waals surface area contributed by atoms with Crippen LogP contribution >= 0.6 is 0 Å². The maximum Gasteiger partial charge on any atom is 0.410 e. The number of amides is 1. The van der Waals surface area contributed by atoms with Crippen LogP contribution in [-0.4, -0.2) is 66.4 Å². The second kappa shape index (κ2) is 7.10. The first kappa shape index (κ1) is 16.2. The molecule has 19 heavy (non-hydrogen) atoms. The lowest BCUT2D eigenvalue weighted by atomic mass is 9.97. The van der Waals surface area contributed by atoms with Crippen molar-refractivity contribution in [1.82, 2.24) is 9.80 Å². The van der Waals surface area contributed by atoms with Gasteiger partial charge in [-0.2, -0.15) is 0 Å². The fourth-order valence-electron chi connectivity index (χ4n) is 2.45. The van der Waals surface area contributed by atoms with E-state index < -0.39 is 5.60 Å². The molecule has 0 aliphatic carbocycles. The standard InChI is InChI=1S/C14H28N2O3/c1-14(2,3)19-13(18)15(4)10-12-6-5-7-16(11-12)8-9-17/h12,17H,5-11H2,1-4H3. The zero-order valence-corrected chi connectivity index (χ0v) is 12.7. The average Bonchev–Trinajstić information content (AvgIpc) is 2.27. The van der Waals surface area contributed by atoms with Gasteiger partial charge in [-0.05, 0) is 46.1 Å². The van der Waals surface area contributed by atoms with E-state index in [9.17, 15) is 4.79 Å². The van der Waals surface area contributed by atoms with Crippen molar-refractivity contribution in [2.75, 3.05) is 39.8 Å². The number of aliphatic hydroxyl groups excluding tert-OH is 1. The fraction of sp³-hybridized carbons (Fsp3) is 0.929. The molecule has 1 aliphatic rings. The highest BCUT2D eigenvalue weighted by atomic mass is 16.6. The van der Waals surface area contributed by atoms with Crippen molar-refractivity contribution in [3.63, 3.8) is 0 Å². The third-order valence-electron chi connectivity index (χ3n) is 3.26. The molecule has 0 aromatic rings. The van der Waals surface area contributed by atoms with E-state index in [1.165, 1.54) is 0 Å². The quantitative estimate of drug-likeness (QED) is 0.844. The summed E-state index contributed by atoms with van der Waals surface area (Å²) in [5.74, 6) is 0.470. The van der Waals surface area contributed by atoms with Crippen LogP contribution in [0.25, 0.3) is 0 Å². The Balaban J connectivity index is 2.39. The number of nitrogens with zero attached hydrogens (tertiary/aromatic N) is 2. The van der Waals surface area contributed by atoms with Crippen molar-refractivity contribution < 1.29 is 14.6 Å². The van der Waals surface area contributed by atoms with Gasteiger partial charge in [0.05, 0.1) is 6.61 Å². The number of carbonyl (C=O) groups excluding carboxylic acids is 1. The maximum atomic E-state index is 11.9. The predicted octanol–water partition coefficient (Wildman–Crippen LogP) is 1.56. The van der Waals surface area contributed by atoms with Crippen LogP contribution in [0.5, 0.6) is 0 Å². The summed E-state index contributed by atoms with van der Waals surface area (Å²) in [7, 11) is 1.79. The number of ether oxygens (including phenoxy) is 1. The summed E-state index contributed by atoms with van der Waals surface area (Å²) in [6.07, 6.45) is 2.01. The van der Waals surface area contributed by atoms with Gasteiger partial charge in [0, 0.05) is 26.7 Å². The molecule has 1 N–H and O–H groups in total. The molecule has 1 atom stereocenters. The zero-order chi connectivity index (χ0) is 14.5. The maximum absolute atomic E-state index is 11.9. The van der Waals surface area contributed by atoms with Gasteiger partial charge in [-0.3, -0.25) is 0 Å². The molecular formula is C14H28N2O3. The summed E-state index contributed by atoms with van der Waals surface area (Å²) in [4.78, 5) is 15.8. The van der Waals surface area contributed by atoms with Crippen LogP contribution in [-0.2, 0) is 4.74 Å². The topological polar surface area (TPSA) is 53.0 Å². The Morgan fingerprint density at radius 2 is 2.16 bits per heavy atom. The number of hydrogen-bond donors (Lipinski definition) is 1. The second-order valence-electron chi connectivity index (χ2n) is 6.39. The van der Waals surface area contributed by atoms with Gasteiger partial charge in [0.25, 0.3) is 0 Å². The lowest BCUT2D eigenvalue weighted by Crippen LogP contribution is -2.43. The number of β-amino-alcohol motifs (C(OH)–C–C–N with tert-alkyl or cyclic N) is 1. The van der Waals surface area contributed by atoms with Crippen LogP contribution in [0.15, 0.2) is 0 Å². The SMILES string of the molecule is CN(CC1CCCN(CCO)C1)C(=O)OC(C)(C)C. The first-order valence-electron chi connectivity index (χ1n) is 7.09. The van der Waals surface area contributed by atoms with Crippen LogP contribution in [0, 0.1) is 5.92 Å². The summed E-state index contributed by atoms with van der Waals surface area (Å²) in [5.41, 5.74) is -0.444. The average molecular weight is 272 g/mol. The number of likely N-dealkylation sites (tertiary alicyclic amines) is 1. The normalized spacial score (nSPS) is 21.2. The Kier molecular flexibility index (Phi) is 6.07.